The van der Waals surface area contributed by atoms with Crippen LogP contribution in [0.5, 0.6) is 0 Å². The fourth-order valence-corrected chi connectivity index (χ4v) is 5.31. The van der Waals surface area contributed by atoms with Gasteiger partial charge >= 0.3 is 0 Å². The molecule has 0 spiro atoms. The van der Waals surface area contributed by atoms with Crippen LogP contribution in [0, 0.1) is 0 Å². The van der Waals surface area contributed by atoms with Crippen molar-refractivity contribution in [3.63, 3.8) is 0 Å². The summed E-state index contributed by atoms with van der Waals surface area (Å²) in [5.41, 5.74) is 0. The molecule has 0 radical (unpaired) electrons. The van der Waals surface area contributed by atoms with E-state index in [4.69, 9.17) is 33.2 Å². The van der Waals surface area contributed by atoms with Crippen LogP contribution in [0.15, 0.2) is 0 Å². The molecule has 4 rings (SSSR count). The molecule has 8 N–H and O–H groups in total. The highest BCUT2D eigenvalue weighted by molar-refractivity contribution is 4.87. The molecule has 4 aliphatic heterocycles. The SMILES string of the molecule is OCC1C[C@H](O)[C@H](O[C@H]2C[C@@H](O)C[C@@H](CO)O2)[C@@H](OC[C@@H]2C[C@H](O[C@@H]3CC[C@H](O)[C@@H](CO)O3)[C@H](O)C(O)O2)O1. The number of rotatable bonds is 10. The van der Waals surface area contributed by atoms with Crippen molar-refractivity contribution in [2.75, 3.05) is 26.4 Å². The van der Waals surface area contributed by atoms with E-state index in [0.29, 0.717) is 12.8 Å². The van der Waals surface area contributed by atoms with Crippen molar-refractivity contribution in [2.45, 2.75) is 125 Å². The molecule has 228 valence electrons. The second-order valence-electron chi connectivity index (χ2n) is 10.5. The van der Waals surface area contributed by atoms with Gasteiger partial charge < -0.3 is 74.0 Å². The highest BCUT2D eigenvalue weighted by atomic mass is 16.8. The minimum absolute atomic E-state index is 0.0609. The van der Waals surface area contributed by atoms with E-state index in [1.54, 1.807) is 0 Å². The van der Waals surface area contributed by atoms with Gasteiger partial charge in [0.1, 0.15) is 18.3 Å². The van der Waals surface area contributed by atoms with Gasteiger partial charge in [-0.15, -0.1) is 0 Å². The summed E-state index contributed by atoms with van der Waals surface area (Å²) in [5, 5.41) is 79.8. The third-order valence-electron chi connectivity index (χ3n) is 7.45. The smallest absolute Gasteiger partial charge is 0.186 e. The first-order valence-electron chi connectivity index (χ1n) is 13.5. The van der Waals surface area contributed by atoms with Crippen molar-refractivity contribution in [1.29, 1.82) is 0 Å². The Hall–Kier alpha value is -0.600. The predicted octanol–water partition coefficient (Wildman–Crippen LogP) is -3.57. The Labute approximate surface area is 225 Å². The highest BCUT2D eigenvalue weighted by Gasteiger charge is 2.45. The molecule has 4 aliphatic rings. The predicted molar refractivity (Wildman–Crippen MR) is 126 cm³/mol. The van der Waals surface area contributed by atoms with Crippen molar-refractivity contribution in [2.24, 2.45) is 0 Å². The Morgan fingerprint density at radius 3 is 2.10 bits per heavy atom. The summed E-state index contributed by atoms with van der Waals surface area (Å²) >= 11 is 0. The average Bonchev–Trinajstić information content (AvgIpc) is 2.92. The molecule has 0 aliphatic carbocycles. The topological polar surface area (TPSA) is 226 Å². The molecule has 15 heteroatoms. The lowest BCUT2D eigenvalue weighted by atomic mass is 10.0. The van der Waals surface area contributed by atoms with Crippen LogP contribution in [-0.2, 0) is 33.2 Å². The molecule has 0 aromatic heterocycles. The largest absolute Gasteiger partial charge is 0.394 e. The molecule has 39 heavy (non-hydrogen) atoms. The maximum Gasteiger partial charge on any atom is 0.186 e. The van der Waals surface area contributed by atoms with Gasteiger partial charge in [0, 0.05) is 32.1 Å². The minimum Gasteiger partial charge on any atom is -0.394 e. The van der Waals surface area contributed by atoms with E-state index in [1.807, 2.05) is 0 Å². The van der Waals surface area contributed by atoms with E-state index in [-0.39, 0.29) is 45.5 Å². The molecular weight excluding hydrogens is 528 g/mol. The fourth-order valence-electron chi connectivity index (χ4n) is 5.31. The van der Waals surface area contributed by atoms with E-state index in [0.717, 1.165) is 0 Å². The Morgan fingerprint density at radius 2 is 1.38 bits per heavy atom. The van der Waals surface area contributed by atoms with Crippen molar-refractivity contribution in [3.8, 4) is 0 Å². The van der Waals surface area contributed by atoms with Crippen LogP contribution in [0.4, 0.5) is 0 Å². The Morgan fingerprint density at radius 1 is 0.641 bits per heavy atom. The third kappa shape index (κ3) is 8.24. The van der Waals surface area contributed by atoms with Gasteiger partial charge in [0.05, 0.1) is 69.2 Å². The van der Waals surface area contributed by atoms with Gasteiger partial charge in [0.2, 0.25) is 0 Å². The van der Waals surface area contributed by atoms with E-state index in [2.05, 4.69) is 0 Å². The summed E-state index contributed by atoms with van der Waals surface area (Å²) in [4.78, 5) is 0. The lowest BCUT2D eigenvalue weighted by molar-refractivity contribution is -0.338. The first-order chi connectivity index (χ1) is 18.7. The second-order valence-corrected chi connectivity index (χ2v) is 10.5. The Kier molecular flexibility index (Phi) is 11.7. The molecule has 4 saturated heterocycles. The third-order valence-corrected chi connectivity index (χ3v) is 7.45. The second kappa shape index (κ2) is 14.5. The maximum absolute atomic E-state index is 10.7. The molecule has 2 unspecified atom stereocenters. The average molecular weight is 571 g/mol. The maximum atomic E-state index is 10.7. The molecule has 15 nitrogen and oxygen atoms in total. The molecule has 0 aromatic carbocycles. The molecule has 0 aromatic rings. The zero-order chi connectivity index (χ0) is 28.1. The lowest BCUT2D eigenvalue weighted by Crippen LogP contribution is -2.56. The number of hydrogen-bond donors (Lipinski definition) is 8. The van der Waals surface area contributed by atoms with Crippen molar-refractivity contribution in [3.05, 3.63) is 0 Å². The summed E-state index contributed by atoms with van der Waals surface area (Å²) in [6, 6.07) is 0. The van der Waals surface area contributed by atoms with Crippen LogP contribution in [0.2, 0.25) is 0 Å². The van der Waals surface area contributed by atoms with Crippen molar-refractivity contribution in [1.82, 2.24) is 0 Å². The zero-order valence-corrected chi connectivity index (χ0v) is 21.6. The number of hydrogen-bond acceptors (Lipinski definition) is 15. The van der Waals surface area contributed by atoms with E-state index >= 15 is 0 Å². The van der Waals surface area contributed by atoms with Crippen LogP contribution in [0.3, 0.4) is 0 Å². The molecular formula is C24H42O15. The van der Waals surface area contributed by atoms with Crippen molar-refractivity contribution < 1.29 is 74.0 Å². The van der Waals surface area contributed by atoms with E-state index in [9.17, 15) is 40.9 Å². The quantitative estimate of drug-likeness (QED) is 0.127. The van der Waals surface area contributed by atoms with E-state index < -0.39 is 92.8 Å². The van der Waals surface area contributed by atoms with Crippen LogP contribution in [0.1, 0.15) is 38.5 Å². The van der Waals surface area contributed by atoms with Gasteiger partial charge in [-0.2, -0.15) is 0 Å². The fraction of sp³-hybridized carbons (Fsp3) is 1.00. The van der Waals surface area contributed by atoms with Gasteiger partial charge in [-0.25, -0.2) is 0 Å². The highest BCUT2D eigenvalue weighted by Crippen LogP contribution is 2.31. The summed E-state index contributed by atoms with van der Waals surface area (Å²) in [5.74, 6) is 0. The molecule has 0 bridgehead atoms. The summed E-state index contributed by atoms with van der Waals surface area (Å²) in [7, 11) is 0. The summed E-state index contributed by atoms with van der Waals surface area (Å²) in [6.07, 6.45) is -12.4. The van der Waals surface area contributed by atoms with Gasteiger partial charge in [-0.3, -0.25) is 0 Å². The van der Waals surface area contributed by atoms with Crippen LogP contribution < -0.4 is 0 Å². The molecule has 0 amide bonds. The minimum atomic E-state index is -1.59. The van der Waals surface area contributed by atoms with Gasteiger partial charge in [0.15, 0.2) is 25.2 Å². The van der Waals surface area contributed by atoms with Crippen LogP contribution in [-0.4, -0.2) is 153 Å². The molecule has 14 atom stereocenters. The van der Waals surface area contributed by atoms with E-state index in [1.165, 1.54) is 0 Å². The standard InChI is InChI=1S/C24H42O15/c25-7-12-3-11(28)4-20(34-12)39-22-16(30)5-13(8-26)36-24(22)33-10-14-6-17(21(31)23(32)35-14)37-19-2-1-15(29)18(9-27)38-19/h11-32H,1-10H2/t11-,12-,13?,14-,15-,16-,17-,18+,19-,20-,21-,22-,23?,24-/m0/s1. The number of aliphatic hydroxyl groups excluding tert-OH is 8. The normalized spacial score (nSPS) is 47.7. The van der Waals surface area contributed by atoms with Gasteiger partial charge in [-0.1, -0.05) is 0 Å². The summed E-state index contributed by atoms with van der Waals surface area (Å²) in [6.45, 7) is -1.25. The number of ether oxygens (including phenoxy) is 7. The van der Waals surface area contributed by atoms with Crippen LogP contribution in [0.25, 0.3) is 0 Å². The molecule has 4 fully saturated rings. The zero-order valence-electron chi connectivity index (χ0n) is 21.6. The molecule has 0 saturated carbocycles. The number of aliphatic hydroxyl groups is 8. The lowest BCUT2D eigenvalue weighted by Gasteiger charge is -2.43. The Bertz CT molecular complexity index is 732. The van der Waals surface area contributed by atoms with Gasteiger partial charge in [0.25, 0.3) is 0 Å². The monoisotopic (exact) mass is 570 g/mol. The first-order valence-corrected chi connectivity index (χ1v) is 13.5. The first kappa shape index (κ1) is 31.3. The molecule has 4 heterocycles. The van der Waals surface area contributed by atoms with Crippen molar-refractivity contribution >= 4 is 0 Å². The summed E-state index contributed by atoms with van der Waals surface area (Å²) < 4.78 is 40.0. The van der Waals surface area contributed by atoms with Crippen LogP contribution >= 0.6 is 0 Å². The van der Waals surface area contributed by atoms with Gasteiger partial charge in [-0.05, 0) is 6.42 Å². The Balaban J connectivity index is 1.35.